The van der Waals surface area contributed by atoms with Crippen LogP contribution in [0.5, 0.6) is 0 Å². The third-order valence-corrected chi connectivity index (χ3v) is 13.1. The number of hydrogen-bond acceptors (Lipinski definition) is 9. The summed E-state index contributed by atoms with van der Waals surface area (Å²) in [6, 6.07) is 6.42. The first-order valence-corrected chi connectivity index (χ1v) is 17.5. The Bertz CT molecular complexity index is 1580. The van der Waals surface area contributed by atoms with E-state index >= 15 is 0 Å². The van der Waals surface area contributed by atoms with Crippen LogP contribution in [0.4, 0.5) is 0 Å². The number of carbonyl (C=O) groups excluding carboxylic acids is 2. The predicted octanol–water partition coefficient (Wildman–Crippen LogP) is 3.23. The molecule has 2 unspecified atom stereocenters. The second-order valence-electron chi connectivity index (χ2n) is 9.37. The Balaban J connectivity index is 0.000000222. The highest BCUT2D eigenvalue weighted by atomic mass is 32.2. The molecule has 0 saturated carbocycles. The highest BCUT2D eigenvalue weighted by Gasteiger charge is 2.32. The summed E-state index contributed by atoms with van der Waals surface area (Å²) >= 11 is 3.04. The van der Waals surface area contributed by atoms with Crippen LogP contribution in [0.15, 0.2) is 48.8 Å². The third-order valence-electron chi connectivity index (χ3n) is 6.20. The van der Waals surface area contributed by atoms with Crippen LogP contribution in [0.3, 0.4) is 0 Å². The Kier molecular flexibility index (Phi) is 10.0. The number of esters is 1. The molecule has 0 saturated heterocycles. The Hall–Kier alpha value is -2.55. The summed E-state index contributed by atoms with van der Waals surface area (Å²) in [4.78, 5) is 29.2. The summed E-state index contributed by atoms with van der Waals surface area (Å²) in [7, 11) is -5.40. The number of nitrogens with two attached hydrogens (primary N) is 2. The molecule has 10 nitrogen and oxygen atoms in total. The lowest BCUT2D eigenvalue weighted by Gasteiger charge is -2.22. The fourth-order valence-corrected chi connectivity index (χ4v) is 11.7. The van der Waals surface area contributed by atoms with E-state index in [1.165, 1.54) is 31.0 Å². The van der Waals surface area contributed by atoms with Crippen molar-refractivity contribution in [3.8, 4) is 0 Å². The van der Waals surface area contributed by atoms with Crippen molar-refractivity contribution in [3.63, 3.8) is 0 Å². The first-order valence-electron chi connectivity index (χ1n) is 12.5. The number of hydrogen-bond donors (Lipinski definition) is 2. The zero-order valence-electron chi connectivity index (χ0n) is 22.9. The Morgan fingerprint density at radius 1 is 0.850 bits per heavy atom. The van der Waals surface area contributed by atoms with Crippen molar-refractivity contribution in [2.45, 2.75) is 70.6 Å². The molecule has 2 aliphatic rings. The maximum atomic E-state index is 12.3. The van der Waals surface area contributed by atoms with Gasteiger partial charge in [0, 0.05) is 25.9 Å². The molecule has 2 heterocycles. The van der Waals surface area contributed by atoms with Crippen molar-refractivity contribution in [1.29, 1.82) is 0 Å². The number of nitrogens with zero attached hydrogens (tertiary/aromatic N) is 1. The first kappa shape index (κ1) is 32.0. The van der Waals surface area contributed by atoms with Crippen LogP contribution in [-0.4, -0.2) is 63.8 Å². The molecule has 0 aliphatic carbocycles. The van der Waals surface area contributed by atoms with Crippen LogP contribution in [0.2, 0.25) is 0 Å². The van der Waals surface area contributed by atoms with Crippen LogP contribution >= 0.6 is 23.5 Å². The van der Waals surface area contributed by atoms with E-state index in [-0.39, 0.29) is 43.3 Å². The van der Waals surface area contributed by atoms with E-state index in [0.717, 1.165) is 16.0 Å². The van der Waals surface area contributed by atoms with Crippen molar-refractivity contribution in [2.24, 2.45) is 16.5 Å². The van der Waals surface area contributed by atoms with Gasteiger partial charge in [0.25, 0.3) is 5.91 Å². The number of aliphatic imine (C=N–C) groups is 1. The maximum absolute atomic E-state index is 12.3. The van der Waals surface area contributed by atoms with Crippen LogP contribution in [0, 0.1) is 0 Å². The van der Waals surface area contributed by atoms with Gasteiger partial charge in [0.1, 0.15) is 0 Å². The largest absolute Gasteiger partial charge is 0.465 e. The van der Waals surface area contributed by atoms with Crippen molar-refractivity contribution >= 4 is 61.0 Å². The van der Waals surface area contributed by atoms with Crippen LogP contribution < -0.4 is 11.5 Å². The van der Waals surface area contributed by atoms with Gasteiger partial charge >= 0.3 is 5.97 Å². The van der Waals surface area contributed by atoms with Gasteiger partial charge in [-0.2, -0.15) is 4.99 Å². The smallest absolute Gasteiger partial charge is 0.338 e. The molecule has 2 aromatic carbocycles. The SMILES string of the molecule is CCc1cc2c(cc1C(=O)N=C(N)N)S(=O)(=O)CC(C)S2.CCc1cc2c(cc1C(=O)OC)S(=O)(=O)CC(C)S2. The standard InChI is InChI=1S/C13H17N3O3S2.C13H16O4S2/c1-3-8-4-10-11(21(18,19)6-7(2)20-10)5-9(8)12(17)16-13(14)15;1-4-9-5-11-12(6-10(9)13(14)17-3)19(15,16)7-8(2)18-11/h4-5,7H,3,6H2,1-2H3,(H4,14,15,16,17);5-6,8H,4,7H2,1-3H3. The molecule has 1 amide bonds. The molecule has 0 bridgehead atoms. The summed E-state index contributed by atoms with van der Waals surface area (Å²) in [6.07, 6.45) is 1.25. The van der Waals surface area contributed by atoms with Gasteiger partial charge < -0.3 is 16.2 Å². The highest BCUT2D eigenvalue weighted by Crippen LogP contribution is 2.40. The zero-order chi connectivity index (χ0) is 30.0. The Morgan fingerprint density at radius 2 is 1.27 bits per heavy atom. The predicted molar refractivity (Wildman–Crippen MR) is 158 cm³/mol. The van der Waals surface area contributed by atoms with E-state index < -0.39 is 31.6 Å². The average Bonchev–Trinajstić information content (AvgIpc) is 2.85. The summed E-state index contributed by atoms with van der Waals surface area (Å²) < 4.78 is 53.6. The van der Waals surface area contributed by atoms with E-state index in [2.05, 4.69) is 4.99 Å². The first-order chi connectivity index (χ1) is 18.6. The Labute approximate surface area is 243 Å². The number of ether oxygens (including phenoxy) is 1. The summed E-state index contributed by atoms with van der Waals surface area (Å²) in [5.74, 6) is -1.28. The van der Waals surface area contributed by atoms with Gasteiger partial charge in [0.05, 0.1) is 34.0 Å². The minimum absolute atomic E-state index is 0.00790. The lowest BCUT2D eigenvalue weighted by Crippen LogP contribution is -2.25. The van der Waals surface area contributed by atoms with Gasteiger partial charge in [-0.1, -0.05) is 27.7 Å². The van der Waals surface area contributed by atoms with Crippen molar-refractivity contribution in [1.82, 2.24) is 0 Å². The number of benzene rings is 2. The molecular weight excluding hydrogens is 595 g/mol. The molecule has 40 heavy (non-hydrogen) atoms. The quantitative estimate of drug-likeness (QED) is 0.289. The number of fused-ring (bicyclic) bond motifs is 2. The molecule has 0 radical (unpaired) electrons. The van der Waals surface area contributed by atoms with Crippen molar-refractivity contribution in [2.75, 3.05) is 18.6 Å². The Morgan fingerprint density at radius 3 is 1.68 bits per heavy atom. The number of guanidine groups is 1. The van der Waals surface area contributed by atoms with Crippen molar-refractivity contribution in [3.05, 3.63) is 46.5 Å². The fraction of sp³-hybridized carbons (Fsp3) is 0.423. The minimum atomic E-state index is -3.38. The number of aryl methyl sites for hydroxylation is 2. The van der Waals surface area contributed by atoms with Crippen LogP contribution in [0.1, 0.15) is 59.5 Å². The number of amides is 1. The van der Waals surface area contributed by atoms with E-state index in [0.29, 0.717) is 23.3 Å². The van der Waals surface area contributed by atoms with Crippen molar-refractivity contribution < 1.29 is 31.2 Å². The molecule has 2 aliphatic heterocycles. The molecule has 4 rings (SSSR count). The highest BCUT2D eigenvalue weighted by molar-refractivity contribution is 8.03. The van der Waals surface area contributed by atoms with Gasteiger partial charge in [-0.3, -0.25) is 4.79 Å². The number of thioether (sulfide) groups is 2. The van der Waals surface area contributed by atoms with Gasteiger partial charge in [0.15, 0.2) is 25.6 Å². The van der Waals surface area contributed by atoms with E-state index in [4.69, 9.17) is 16.2 Å². The molecule has 218 valence electrons. The number of sulfone groups is 2. The number of methoxy groups -OCH3 is 1. The second kappa shape index (κ2) is 12.5. The zero-order valence-corrected chi connectivity index (χ0v) is 26.2. The summed E-state index contributed by atoms with van der Waals surface area (Å²) in [6.45, 7) is 7.58. The van der Waals surface area contributed by atoms with Crippen LogP contribution in [-0.2, 0) is 37.3 Å². The maximum Gasteiger partial charge on any atom is 0.338 e. The van der Waals surface area contributed by atoms with Crippen LogP contribution in [0.25, 0.3) is 0 Å². The lowest BCUT2D eigenvalue weighted by molar-refractivity contribution is 0.0599. The molecule has 0 aromatic heterocycles. The van der Waals surface area contributed by atoms with Gasteiger partial charge in [-0.05, 0) is 48.2 Å². The van der Waals surface area contributed by atoms with E-state index in [9.17, 15) is 26.4 Å². The normalized spacial score (nSPS) is 20.1. The number of carbonyl (C=O) groups is 2. The molecule has 14 heteroatoms. The number of rotatable bonds is 4. The fourth-order valence-electron chi connectivity index (χ4n) is 4.44. The van der Waals surface area contributed by atoms with Gasteiger partial charge in [0.2, 0.25) is 0 Å². The molecule has 0 spiro atoms. The van der Waals surface area contributed by atoms with E-state index in [1.54, 1.807) is 23.9 Å². The molecule has 2 atom stereocenters. The molecule has 0 fully saturated rings. The van der Waals surface area contributed by atoms with E-state index in [1.807, 2.05) is 27.7 Å². The van der Waals surface area contributed by atoms with Gasteiger partial charge in [-0.25, -0.2) is 21.6 Å². The second-order valence-corrected chi connectivity index (χ2v) is 16.3. The minimum Gasteiger partial charge on any atom is -0.465 e. The summed E-state index contributed by atoms with van der Waals surface area (Å²) in [5.41, 5.74) is 12.6. The summed E-state index contributed by atoms with van der Waals surface area (Å²) in [5, 5.41) is 0.0256. The van der Waals surface area contributed by atoms with Gasteiger partial charge in [-0.15, -0.1) is 23.5 Å². The topological polar surface area (TPSA) is 176 Å². The molecular formula is C26H33N3O7S4. The lowest BCUT2D eigenvalue weighted by atomic mass is 10.0. The monoisotopic (exact) mass is 627 g/mol. The third kappa shape index (κ3) is 7.01. The average molecular weight is 628 g/mol. The molecule has 2 aromatic rings. The molecule has 4 N–H and O–H groups in total.